The van der Waals surface area contributed by atoms with Gasteiger partial charge in [-0.15, -0.1) is 11.8 Å². The van der Waals surface area contributed by atoms with Crippen LogP contribution >= 0.6 is 11.8 Å². The quantitative estimate of drug-likeness (QED) is 0.675. The summed E-state index contributed by atoms with van der Waals surface area (Å²) in [7, 11) is 0. The molecule has 18 heavy (non-hydrogen) atoms. The van der Waals surface area contributed by atoms with E-state index in [-0.39, 0.29) is 0 Å². The van der Waals surface area contributed by atoms with Gasteiger partial charge in [0.15, 0.2) is 0 Å². The van der Waals surface area contributed by atoms with Crippen LogP contribution < -0.4 is 0 Å². The average Bonchev–Trinajstić information content (AvgIpc) is 2.42. The molecule has 0 unspecified atom stereocenters. The summed E-state index contributed by atoms with van der Waals surface area (Å²) in [5.74, 6) is 0. The van der Waals surface area contributed by atoms with Gasteiger partial charge >= 0.3 is 0 Å². The van der Waals surface area contributed by atoms with E-state index in [0.29, 0.717) is 11.4 Å². The second-order valence-electron chi connectivity index (χ2n) is 5.02. The molecule has 0 amide bonds. The minimum absolute atomic E-state index is 0.468. The zero-order chi connectivity index (χ0) is 12.6. The van der Waals surface area contributed by atoms with Crippen molar-refractivity contribution in [1.29, 1.82) is 0 Å². The number of hydrogen-bond acceptors (Lipinski definition) is 2. The summed E-state index contributed by atoms with van der Waals surface area (Å²) in [4.78, 5) is 1.38. The first-order valence-corrected chi connectivity index (χ1v) is 8.11. The maximum atomic E-state index is 5.99. The fraction of sp³-hybridized carbons (Fsp3) is 0.625. The highest BCUT2D eigenvalue weighted by Crippen LogP contribution is 2.34. The molecule has 100 valence electrons. The first kappa shape index (κ1) is 14.0. The molecule has 1 aliphatic heterocycles. The van der Waals surface area contributed by atoms with Gasteiger partial charge in [-0.25, -0.2) is 0 Å². The number of thioether (sulfide) groups is 1. The highest BCUT2D eigenvalue weighted by Gasteiger charge is 2.26. The fourth-order valence-electron chi connectivity index (χ4n) is 2.49. The van der Waals surface area contributed by atoms with Crippen molar-refractivity contribution in [1.82, 2.24) is 0 Å². The Bertz CT molecular complexity index is 325. The van der Waals surface area contributed by atoms with Crippen molar-refractivity contribution in [3.8, 4) is 0 Å². The van der Waals surface area contributed by atoms with Crippen molar-refractivity contribution >= 4 is 11.8 Å². The predicted octanol–water partition coefficient (Wildman–Crippen LogP) is 4.91. The first-order chi connectivity index (χ1) is 8.90. The van der Waals surface area contributed by atoms with Gasteiger partial charge in [0.05, 0.1) is 6.10 Å². The zero-order valence-corrected chi connectivity index (χ0v) is 12.1. The largest absolute Gasteiger partial charge is 0.377 e. The maximum Gasteiger partial charge on any atom is 0.0697 e. The smallest absolute Gasteiger partial charge is 0.0697 e. The molecule has 1 fully saturated rings. The Morgan fingerprint density at radius 1 is 1.22 bits per heavy atom. The Kier molecular flexibility index (Phi) is 6.09. The number of hydrogen-bond donors (Lipinski definition) is 0. The van der Waals surface area contributed by atoms with Crippen molar-refractivity contribution in [2.24, 2.45) is 0 Å². The second kappa shape index (κ2) is 7.85. The number of benzene rings is 1. The minimum atomic E-state index is 0.468. The van der Waals surface area contributed by atoms with Crippen molar-refractivity contribution in [3.63, 3.8) is 0 Å². The topological polar surface area (TPSA) is 9.23 Å². The molecular weight excluding hydrogens is 240 g/mol. The molecule has 1 saturated heterocycles. The summed E-state index contributed by atoms with van der Waals surface area (Å²) >= 11 is 2.01. The van der Waals surface area contributed by atoms with Crippen LogP contribution in [0.3, 0.4) is 0 Å². The molecule has 0 saturated carbocycles. The lowest BCUT2D eigenvalue weighted by Crippen LogP contribution is -2.31. The van der Waals surface area contributed by atoms with E-state index in [9.17, 15) is 0 Å². The molecule has 1 aromatic rings. The van der Waals surface area contributed by atoms with Crippen molar-refractivity contribution in [3.05, 3.63) is 30.3 Å². The van der Waals surface area contributed by atoms with Gasteiger partial charge in [0, 0.05) is 16.8 Å². The number of rotatable bonds is 6. The van der Waals surface area contributed by atoms with Gasteiger partial charge < -0.3 is 4.74 Å². The van der Waals surface area contributed by atoms with E-state index in [0.717, 1.165) is 6.61 Å². The van der Waals surface area contributed by atoms with Crippen LogP contribution in [0.4, 0.5) is 0 Å². The maximum absolute atomic E-state index is 5.99. The van der Waals surface area contributed by atoms with Gasteiger partial charge in [-0.2, -0.15) is 0 Å². The third-order valence-electron chi connectivity index (χ3n) is 3.50. The van der Waals surface area contributed by atoms with Gasteiger partial charge in [0.2, 0.25) is 0 Å². The molecule has 0 N–H and O–H groups in total. The Hall–Kier alpha value is -0.470. The van der Waals surface area contributed by atoms with E-state index in [1.165, 1.54) is 43.4 Å². The van der Waals surface area contributed by atoms with E-state index >= 15 is 0 Å². The van der Waals surface area contributed by atoms with Gasteiger partial charge in [-0.3, -0.25) is 0 Å². The molecule has 1 nitrogen and oxygen atoms in total. The van der Waals surface area contributed by atoms with Gasteiger partial charge in [-0.05, 0) is 31.4 Å². The molecular formula is C16H24OS. The van der Waals surface area contributed by atoms with Crippen LogP contribution in [0.5, 0.6) is 0 Å². The molecule has 1 heterocycles. The third-order valence-corrected chi connectivity index (χ3v) is 4.89. The van der Waals surface area contributed by atoms with Gasteiger partial charge in [-0.1, -0.05) is 44.4 Å². The van der Waals surface area contributed by atoms with Crippen LogP contribution in [0.1, 0.15) is 45.4 Å². The minimum Gasteiger partial charge on any atom is -0.377 e. The summed E-state index contributed by atoms with van der Waals surface area (Å²) < 4.78 is 5.99. The van der Waals surface area contributed by atoms with E-state index in [1.54, 1.807) is 0 Å². The zero-order valence-electron chi connectivity index (χ0n) is 11.3. The molecule has 0 bridgehead atoms. The lowest BCUT2D eigenvalue weighted by Gasteiger charge is -2.31. The predicted molar refractivity (Wildman–Crippen MR) is 79.2 cm³/mol. The number of unbranched alkanes of at least 4 members (excludes halogenated alkanes) is 2. The lowest BCUT2D eigenvalue weighted by atomic mass is 10.0. The molecule has 2 atom stereocenters. The first-order valence-electron chi connectivity index (χ1n) is 7.23. The summed E-state index contributed by atoms with van der Waals surface area (Å²) in [6.07, 6.45) is 8.16. The normalized spacial score (nSPS) is 24.1. The van der Waals surface area contributed by atoms with E-state index < -0.39 is 0 Å². The van der Waals surface area contributed by atoms with Crippen LogP contribution in [0, 0.1) is 0 Å². The van der Waals surface area contributed by atoms with Crippen molar-refractivity contribution in [2.45, 2.75) is 61.7 Å². The van der Waals surface area contributed by atoms with Crippen molar-refractivity contribution in [2.75, 3.05) is 6.61 Å². The molecule has 2 rings (SSSR count). The molecule has 1 aromatic carbocycles. The SMILES string of the molecule is CCCCC[C@@H]1OCCC[C@@H]1Sc1ccccc1. The van der Waals surface area contributed by atoms with Crippen LogP contribution in [-0.4, -0.2) is 18.0 Å². The summed E-state index contributed by atoms with van der Waals surface area (Å²) in [6, 6.07) is 10.8. The molecule has 1 aliphatic rings. The molecule has 0 radical (unpaired) electrons. The van der Waals surface area contributed by atoms with E-state index in [4.69, 9.17) is 4.74 Å². The fourth-order valence-corrected chi connectivity index (χ4v) is 3.80. The summed E-state index contributed by atoms with van der Waals surface area (Å²) in [6.45, 7) is 3.22. The molecule has 0 aliphatic carbocycles. The van der Waals surface area contributed by atoms with Crippen LogP contribution in [0.25, 0.3) is 0 Å². The average molecular weight is 264 g/mol. The monoisotopic (exact) mass is 264 g/mol. The van der Waals surface area contributed by atoms with Gasteiger partial charge in [0.1, 0.15) is 0 Å². The standard InChI is InChI=1S/C16H24OS/c1-2-3-5-11-15-16(12-8-13-17-15)18-14-9-6-4-7-10-14/h4,6-7,9-10,15-16H,2-3,5,8,11-13H2,1H3/t15-,16-/m0/s1. The molecule has 0 aromatic heterocycles. The Morgan fingerprint density at radius 3 is 2.83 bits per heavy atom. The van der Waals surface area contributed by atoms with Crippen molar-refractivity contribution < 1.29 is 4.74 Å². The van der Waals surface area contributed by atoms with E-state index in [1.807, 2.05) is 11.8 Å². The Morgan fingerprint density at radius 2 is 2.06 bits per heavy atom. The lowest BCUT2D eigenvalue weighted by molar-refractivity contribution is 0.0149. The number of ether oxygens (including phenoxy) is 1. The van der Waals surface area contributed by atoms with E-state index in [2.05, 4.69) is 37.3 Å². The molecule has 2 heteroatoms. The highest BCUT2D eigenvalue weighted by molar-refractivity contribution is 8.00. The Balaban J connectivity index is 1.87. The highest BCUT2D eigenvalue weighted by atomic mass is 32.2. The molecule has 0 spiro atoms. The van der Waals surface area contributed by atoms with Crippen LogP contribution in [0.2, 0.25) is 0 Å². The third kappa shape index (κ3) is 4.33. The Labute approximate surface area is 115 Å². The van der Waals surface area contributed by atoms with Crippen LogP contribution in [0.15, 0.2) is 35.2 Å². The van der Waals surface area contributed by atoms with Gasteiger partial charge in [0.25, 0.3) is 0 Å². The summed E-state index contributed by atoms with van der Waals surface area (Å²) in [5.41, 5.74) is 0. The summed E-state index contributed by atoms with van der Waals surface area (Å²) in [5, 5.41) is 0.651. The van der Waals surface area contributed by atoms with Crippen LogP contribution in [-0.2, 0) is 4.74 Å². The second-order valence-corrected chi connectivity index (χ2v) is 6.33.